The van der Waals surface area contributed by atoms with Crippen LogP contribution in [0.15, 0.2) is 91.3 Å². The van der Waals surface area contributed by atoms with Gasteiger partial charge in [0.05, 0.1) is 16.6 Å². The highest BCUT2D eigenvalue weighted by Crippen LogP contribution is 2.31. The molecule has 0 aliphatic carbocycles. The zero-order valence-corrected chi connectivity index (χ0v) is 23.5. The monoisotopic (exact) mass is 584 g/mol. The second-order valence-electron chi connectivity index (χ2n) is 10.0. The number of aromatic nitrogens is 2. The van der Waals surface area contributed by atoms with Crippen molar-refractivity contribution in [2.24, 2.45) is 0 Å². The molecule has 5 aromatic rings. The molecular weight excluding hydrogens is 557 g/mol. The number of aryl methyl sites for hydroxylation is 1. The van der Waals surface area contributed by atoms with Crippen LogP contribution in [0.2, 0.25) is 0 Å². The summed E-state index contributed by atoms with van der Waals surface area (Å²) in [7, 11) is 3.90. The summed E-state index contributed by atoms with van der Waals surface area (Å²) < 4.78 is 39.3. The summed E-state index contributed by atoms with van der Waals surface area (Å²) in [6.07, 6.45) is -3.19. The molecule has 0 spiro atoms. The van der Waals surface area contributed by atoms with Gasteiger partial charge in [0.15, 0.2) is 0 Å². The molecule has 218 valence electrons. The molecule has 0 bridgehead atoms. The Morgan fingerprint density at radius 1 is 0.791 bits per heavy atom. The number of anilines is 5. The van der Waals surface area contributed by atoms with Gasteiger partial charge in [-0.15, -0.1) is 0 Å². The summed E-state index contributed by atoms with van der Waals surface area (Å²) in [5.74, 6) is -0.616. The molecule has 11 heteroatoms. The summed E-state index contributed by atoms with van der Waals surface area (Å²) in [5.41, 5.74) is 2.93. The number of benzene rings is 4. The normalized spacial score (nSPS) is 11.2. The van der Waals surface area contributed by atoms with E-state index >= 15 is 0 Å². The molecule has 0 aliphatic rings. The number of carbonyl (C=O) groups is 2. The van der Waals surface area contributed by atoms with E-state index < -0.39 is 23.6 Å². The van der Waals surface area contributed by atoms with Crippen molar-refractivity contribution in [2.45, 2.75) is 13.1 Å². The van der Waals surface area contributed by atoms with E-state index in [0.29, 0.717) is 39.2 Å². The van der Waals surface area contributed by atoms with Gasteiger partial charge in [-0.1, -0.05) is 24.3 Å². The summed E-state index contributed by atoms with van der Waals surface area (Å²) in [6.45, 7) is 1.78. The number of para-hydroxylation sites is 1. The molecule has 0 saturated carbocycles. The van der Waals surface area contributed by atoms with Crippen molar-refractivity contribution < 1.29 is 22.8 Å². The minimum atomic E-state index is -4.57. The maximum atomic E-state index is 13.5. The Morgan fingerprint density at radius 2 is 1.56 bits per heavy atom. The molecule has 0 aliphatic heterocycles. The van der Waals surface area contributed by atoms with E-state index in [1.165, 1.54) is 18.5 Å². The second kappa shape index (κ2) is 11.8. The number of carbonyl (C=O) groups excluding carboxylic acids is 2. The second-order valence-corrected chi connectivity index (χ2v) is 10.0. The van der Waals surface area contributed by atoms with E-state index in [1.807, 2.05) is 49.3 Å². The smallest absolute Gasteiger partial charge is 0.378 e. The predicted octanol–water partition coefficient (Wildman–Crippen LogP) is 7.27. The number of nitrogens with one attached hydrogen (secondary N) is 3. The van der Waals surface area contributed by atoms with E-state index in [1.54, 1.807) is 37.3 Å². The van der Waals surface area contributed by atoms with E-state index in [9.17, 15) is 22.8 Å². The largest absolute Gasteiger partial charge is 0.416 e. The SMILES string of the molecule is Cc1ccc(NC(=O)c2cccc(C(F)(F)F)c2)cc1NC(=O)c1cccc2c(Nc3cccc(N(C)C)c3)ncnc12. The molecule has 3 N–H and O–H groups in total. The Bertz CT molecular complexity index is 1840. The van der Waals surface area contributed by atoms with Crippen LogP contribution in [0, 0.1) is 6.92 Å². The van der Waals surface area contributed by atoms with Crippen LogP contribution in [0.3, 0.4) is 0 Å². The lowest BCUT2D eigenvalue weighted by atomic mass is 10.1. The standard InChI is InChI=1S/C32H27F3N6O2/c1-19-13-14-23(39-30(42)20-7-4-8-21(15-20)32(33,34)35)17-27(19)40-31(43)26-12-6-11-25-28(26)36-18-37-29(25)38-22-9-5-10-24(16-22)41(2)3/h4-18H,1-3H3,(H,39,42)(H,40,43)(H,36,37,38). The number of alkyl halides is 3. The first kappa shape index (κ1) is 29.1. The first-order valence-electron chi connectivity index (χ1n) is 13.2. The van der Waals surface area contributed by atoms with Crippen molar-refractivity contribution >= 4 is 51.3 Å². The zero-order chi connectivity index (χ0) is 30.7. The fraction of sp³-hybridized carbons (Fsp3) is 0.125. The van der Waals surface area contributed by atoms with Crippen LogP contribution >= 0.6 is 0 Å². The van der Waals surface area contributed by atoms with Gasteiger partial charge in [0.2, 0.25) is 0 Å². The van der Waals surface area contributed by atoms with E-state index in [4.69, 9.17) is 0 Å². The van der Waals surface area contributed by atoms with Gasteiger partial charge >= 0.3 is 6.18 Å². The van der Waals surface area contributed by atoms with Gasteiger partial charge in [0.25, 0.3) is 11.8 Å². The number of amides is 2. The molecule has 0 radical (unpaired) electrons. The van der Waals surface area contributed by atoms with Crippen molar-refractivity contribution in [2.75, 3.05) is 34.9 Å². The van der Waals surface area contributed by atoms with E-state index in [2.05, 4.69) is 25.9 Å². The number of hydrogen-bond acceptors (Lipinski definition) is 6. The topological polar surface area (TPSA) is 99.2 Å². The summed E-state index contributed by atoms with van der Waals surface area (Å²) in [5, 5.41) is 9.41. The molecule has 0 saturated heterocycles. The van der Waals surface area contributed by atoms with Crippen LogP contribution in [0.4, 0.5) is 41.7 Å². The molecule has 8 nitrogen and oxygen atoms in total. The molecule has 0 atom stereocenters. The lowest BCUT2D eigenvalue weighted by Crippen LogP contribution is -2.16. The van der Waals surface area contributed by atoms with Crippen molar-refractivity contribution in [1.82, 2.24) is 9.97 Å². The van der Waals surface area contributed by atoms with E-state index in [-0.39, 0.29) is 5.56 Å². The van der Waals surface area contributed by atoms with Gasteiger partial charge in [0.1, 0.15) is 12.1 Å². The zero-order valence-electron chi connectivity index (χ0n) is 23.5. The molecule has 4 aromatic carbocycles. The minimum Gasteiger partial charge on any atom is -0.378 e. The molecule has 5 rings (SSSR count). The van der Waals surface area contributed by atoms with Crippen molar-refractivity contribution in [3.63, 3.8) is 0 Å². The van der Waals surface area contributed by atoms with Gasteiger partial charge in [0, 0.05) is 47.8 Å². The Kier molecular flexibility index (Phi) is 7.98. The third-order valence-corrected chi connectivity index (χ3v) is 6.73. The average molecular weight is 585 g/mol. The molecule has 0 unspecified atom stereocenters. The lowest BCUT2D eigenvalue weighted by molar-refractivity contribution is -0.137. The lowest BCUT2D eigenvalue weighted by Gasteiger charge is -2.15. The number of rotatable bonds is 7. The fourth-order valence-electron chi connectivity index (χ4n) is 4.43. The molecular formula is C32H27F3N6O2. The fourth-order valence-corrected chi connectivity index (χ4v) is 4.43. The highest BCUT2D eigenvalue weighted by Gasteiger charge is 2.31. The van der Waals surface area contributed by atoms with Gasteiger partial charge in [-0.05, 0) is 73.2 Å². The van der Waals surface area contributed by atoms with Crippen LogP contribution in [0.5, 0.6) is 0 Å². The summed E-state index contributed by atoms with van der Waals surface area (Å²) >= 11 is 0. The van der Waals surface area contributed by atoms with Gasteiger partial charge in [-0.25, -0.2) is 9.97 Å². The maximum absolute atomic E-state index is 13.5. The van der Waals surface area contributed by atoms with Crippen LogP contribution in [-0.4, -0.2) is 35.9 Å². The Labute approximate surface area is 245 Å². The van der Waals surface area contributed by atoms with Crippen LogP contribution in [0.25, 0.3) is 10.9 Å². The Balaban J connectivity index is 1.37. The first-order valence-corrected chi connectivity index (χ1v) is 13.2. The number of hydrogen-bond donors (Lipinski definition) is 3. The number of halogens is 3. The first-order chi connectivity index (χ1) is 20.5. The third-order valence-electron chi connectivity index (χ3n) is 6.73. The van der Waals surface area contributed by atoms with Crippen LogP contribution in [0.1, 0.15) is 31.8 Å². The quantitative estimate of drug-likeness (QED) is 0.186. The molecule has 0 fully saturated rings. The third kappa shape index (κ3) is 6.56. The minimum absolute atomic E-state index is 0.144. The van der Waals surface area contributed by atoms with Crippen molar-refractivity contribution in [3.8, 4) is 0 Å². The van der Waals surface area contributed by atoms with E-state index in [0.717, 1.165) is 23.5 Å². The Hall–Kier alpha value is -5.45. The van der Waals surface area contributed by atoms with Crippen molar-refractivity contribution in [3.05, 3.63) is 114 Å². The molecule has 1 aromatic heterocycles. The van der Waals surface area contributed by atoms with Gasteiger partial charge < -0.3 is 20.9 Å². The maximum Gasteiger partial charge on any atom is 0.416 e. The van der Waals surface area contributed by atoms with Crippen LogP contribution in [-0.2, 0) is 6.18 Å². The Morgan fingerprint density at radius 3 is 2.33 bits per heavy atom. The average Bonchev–Trinajstić information content (AvgIpc) is 2.98. The number of fused-ring (bicyclic) bond motifs is 1. The highest BCUT2D eigenvalue weighted by molar-refractivity contribution is 6.13. The summed E-state index contributed by atoms with van der Waals surface area (Å²) in [4.78, 5) is 36.9. The van der Waals surface area contributed by atoms with Crippen molar-refractivity contribution in [1.29, 1.82) is 0 Å². The predicted molar refractivity (Wildman–Crippen MR) is 162 cm³/mol. The highest BCUT2D eigenvalue weighted by atomic mass is 19.4. The van der Waals surface area contributed by atoms with Gasteiger partial charge in [-0.2, -0.15) is 13.2 Å². The molecule has 1 heterocycles. The van der Waals surface area contributed by atoms with Crippen LogP contribution < -0.4 is 20.9 Å². The molecule has 43 heavy (non-hydrogen) atoms. The van der Waals surface area contributed by atoms with Gasteiger partial charge in [-0.3, -0.25) is 9.59 Å². The summed E-state index contributed by atoms with van der Waals surface area (Å²) in [6, 6.07) is 22.0. The molecule has 2 amide bonds. The number of nitrogens with zero attached hydrogens (tertiary/aromatic N) is 3.